The molecule has 0 aliphatic carbocycles. The minimum absolute atomic E-state index is 0.0283. The summed E-state index contributed by atoms with van der Waals surface area (Å²) in [6.07, 6.45) is 2.85. The molecule has 0 radical (unpaired) electrons. The van der Waals surface area contributed by atoms with Gasteiger partial charge in [0.25, 0.3) is 5.91 Å². The second-order valence-electron chi connectivity index (χ2n) is 5.12. The maximum absolute atomic E-state index is 12.5. The lowest BCUT2D eigenvalue weighted by Gasteiger charge is -2.14. The van der Waals surface area contributed by atoms with Crippen molar-refractivity contribution in [3.8, 4) is 0 Å². The highest BCUT2D eigenvalue weighted by molar-refractivity contribution is 6.24. The number of carbonyl (C=O) groups excluding carboxylic acids is 1. The molecule has 2 rings (SSSR count). The van der Waals surface area contributed by atoms with Crippen LogP contribution in [0.3, 0.4) is 0 Å². The van der Waals surface area contributed by atoms with Crippen LogP contribution in [0.4, 0.5) is 0 Å². The average Bonchev–Trinajstić information content (AvgIpc) is 2.54. The van der Waals surface area contributed by atoms with E-state index in [-0.39, 0.29) is 11.9 Å². The highest BCUT2D eigenvalue weighted by Crippen LogP contribution is 2.18. The molecule has 0 heterocycles. The predicted octanol–water partition coefficient (Wildman–Crippen LogP) is 4.14. The van der Waals surface area contributed by atoms with E-state index in [4.69, 9.17) is 0 Å². The lowest BCUT2D eigenvalue weighted by molar-refractivity contribution is -0.116. The van der Waals surface area contributed by atoms with E-state index in [2.05, 4.69) is 12.2 Å². The minimum Gasteiger partial charge on any atom is -0.350 e. The molecular formula is C19H21NO. The molecule has 0 aliphatic heterocycles. The second kappa shape index (κ2) is 7.44. The van der Waals surface area contributed by atoms with Crippen molar-refractivity contribution in [3.63, 3.8) is 0 Å². The van der Waals surface area contributed by atoms with Crippen molar-refractivity contribution in [1.29, 1.82) is 0 Å². The summed E-state index contributed by atoms with van der Waals surface area (Å²) < 4.78 is 0. The first kappa shape index (κ1) is 15.0. The van der Waals surface area contributed by atoms with Crippen LogP contribution in [-0.2, 0) is 4.79 Å². The lowest BCUT2D eigenvalue weighted by atomic mass is 10.0. The molecule has 0 saturated carbocycles. The summed E-state index contributed by atoms with van der Waals surface area (Å²) in [5.41, 5.74) is 2.65. The number of amides is 1. The molecule has 2 heteroatoms. The predicted molar refractivity (Wildman–Crippen MR) is 88.7 cm³/mol. The van der Waals surface area contributed by atoms with E-state index in [0.29, 0.717) is 5.57 Å². The molecule has 1 unspecified atom stereocenters. The van der Waals surface area contributed by atoms with Crippen molar-refractivity contribution < 1.29 is 4.79 Å². The van der Waals surface area contributed by atoms with Gasteiger partial charge in [0.1, 0.15) is 0 Å². The van der Waals surface area contributed by atoms with Crippen molar-refractivity contribution in [3.05, 3.63) is 71.8 Å². The zero-order chi connectivity index (χ0) is 15.1. The Kier molecular flexibility index (Phi) is 5.33. The van der Waals surface area contributed by atoms with Crippen molar-refractivity contribution in [2.75, 3.05) is 0 Å². The Morgan fingerprint density at radius 1 is 1.05 bits per heavy atom. The normalized spacial score (nSPS) is 12.8. The van der Waals surface area contributed by atoms with Gasteiger partial charge in [0, 0.05) is 11.6 Å². The Morgan fingerprint density at radius 3 is 2.19 bits per heavy atom. The second-order valence-corrected chi connectivity index (χ2v) is 5.12. The Bertz CT molecular complexity index is 602. The van der Waals surface area contributed by atoms with Gasteiger partial charge in [0.05, 0.1) is 0 Å². The first-order chi connectivity index (χ1) is 10.2. The molecule has 1 amide bonds. The van der Waals surface area contributed by atoms with Crippen LogP contribution in [0, 0.1) is 0 Å². The maximum atomic E-state index is 12.5. The van der Waals surface area contributed by atoms with Gasteiger partial charge in [-0.2, -0.15) is 0 Å². The third-order valence-corrected chi connectivity index (χ3v) is 3.43. The van der Waals surface area contributed by atoms with E-state index in [9.17, 15) is 4.79 Å². The van der Waals surface area contributed by atoms with Gasteiger partial charge < -0.3 is 5.32 Å². The summed E-state index contributed by atoms with van der Waals surface area (Å²) in [6.45, 7) is 4.08. The number of benzene rings is 2. The average molecular weight is 279 g/mol. The molecule has 0 fully saturated rings. The van der Waals surface area contributed by atoms with E-state index in [1.165, 1.54) is 0 Å². The fourth-order valence-electron chi connectivity index (χ4n) is 2.02. The zero-order valence-corrected chi connectivity index (χ0v) is 12.5. The fourth-order valence-corrected chi connectivity index (χ4v) is 2.02. The van der Waals surface area contributed by atoms with Crippen LogP contribution in [-0.4, -0.2) is 11.9 Å². The molecule has 2 nitrogen and oxygen atoms in total. The van der Waals surface area contributed by atoms with Crippen LogP contribution in [0.2, 0.25) is 0 Å². The molecule has 0 aromatic heterocycles. The van der Waals surface area contributed by atoms with Gasteiger partial charge in [-0.25, -0.2) is 0 Å². The molecule has 2 aromatic carbocycles. The third kappa shape index (κ3) is 4.32. The van der Waals surface area contributed by atoms with E-state index in [1.807, 2.05) is 73.7 Å². The van der Waals surface area contributed by atoms with Gasteiger partial charge >= 0.3 is 0 Å². The van der Waals surface area contributed by atoms with Crippen LogP contribution in [0.5, 0.6) is 0 Å². The Balaban J connectivity index is 2.36. The van der Waals surface area contributed by atoms with Gasteiger partial charge in [0.2, 0.25) is 0 Å². The largest absolute Gasteiger partial charge is 0.350 e. The molecule has 0 aliphatic rings. The van der Waals surface area contributed by atoms with E-state index in [1.54, 1.807) is 0 Å². The monoisotopic (exact) mass is 279 g/mol. The molecule has 108 valence electrons. The van der Waals surface area contributed by atoms with Crippen LogP contribution in [0.25, 0.3) is 11.6 Å². The van der Waals surface area contributed by atoms with Crippen molar-refractivity contribution in [2.24, 2.45) is 0 Å². The smallest absolute Gasteiger partial charge is 0.252 e. The number of carbonyl (C=O) groups is 1. The van der Waals surface area contributed by atoms with Crippen molar-refractivity contribution in [2.45, 2.75) is 26.3 Å². The Hall–Kier alpha value is -2.35. The molecule has 0 spiro atoms. The first-order valence-corrected chi connectivity index (χ1v) is 7.33. The molecule has 0 saturated heterocycles. The number of hydrogen-bond donors (Lipinski definition) is 1. The molecule has 21 heavy (non-hydrogen) atoms. The fraction of sp³-hybridized carbons (Fsp3) is 0.211. The summed E-state index contributed by atoms with van der Waals surface area (Å²) in [7, 11) is 0. The quantitative estimate of drug-likeness (QED) is 0.646. The van der Waals surface area contributed by atoms with Crippen molar-refractivity contribution in [1.82, 2.24) is 5.32 Å². The van der Waals surface area contributed by atoms with Gasteiger partial charge in [-0.1, -0.05) is 67.6 Å². The van der Waals surface area contributed by atoms with Gasteiger partial charge in [0.15, 0.2) is 0 Å². The van der Waals surface area contributed by atoms with Gasteiger partial charge in [-0.05, 0) is 30.5 Å². The summed E-state index contributed by atoms with van der Waals surface area (Å²) in [5, 5.41) is 3.04. The first-order valence-electron chi connectivity index (χ1n) is 7.33. The Morgan fingerprint density at radius 2 is 1.62 bits per heavy atom. The summed E-state index contributed by atoms with van der Waals surface area (Å²) in [4.78, 5) is 12.5. The number of rotatable bonds is 5. The Labute approximate surface area is 126 Å². The molecule has 0 bridgehead atoms. The maximum Gasteiger partial charge on any atom is 0.252 e. The van der Waals surface area contributed by atoms with Crippen LogP contribution in [0.1, 0.15) is 31.4 Å². The number of nitrogens with one attached hydrogen (secondary N) is 1. The highest BCUT2D eigenvalue weighted by Gasteiger charge is 2.13. The highest BCUT2D eigenvalue weighted by atomic mass is 16.1. The van der Waals surface area contributed by atoms with Gasteiger partial charge in [-0.3, -0.25) is 4.79 Å². The summed E-state index contributed by atoms with van der Waals surface area (Å²) in [6, 6.07) is 19.9. The third-order valence-electron chi connectivity index (χ3n) is 3.43. The molecule has 2 aromatic rings. The van der Waals surface area contributed by atoms with Crippen molar-refractivity contribution >= 4 is 17.6 Å². The van der Waals surface area contributed by atoms with Crippen LogP contribution in [0.15, 0.2) is 60.7 Å². The van der Waals surface area contributed by atoms with Crippen LogP contribution >= 0.6 is 0 Å². The summed E-state index contributed by atoms with van der Waals surface area (Å²) >= 11 is 0. The van der Waals surface area contributed by atoms with Gasteiger partial charge in [-0.15, -0.1) is 0 Å². The molecule has 1 atom stereocenters. The van der Waals surface area contributed by atoms with E-state index >= 15 is 0 Å². The minimum atomic E-state index is -0.0283. The summed E-state index contributed by atoms with van der Waals surface area (Å²) in [5.74, 6) is -0.0283. The van der Waals surface area contributed by atoms with E-state index < -0.39 is 0 Å². The zero-order valence-electron chi connectivity index (χ0n) is 12.5. The molecule has 1 N–H and O–H groups in total. The standard InChI is InChI=1S/C19H21NO/c1-3-15(2)20-19(21)18(17-12-8-5-9-13-17)14-16-10-6-4-7-11-16/h4-15H,3H2,1-2H3,(H,20,21). The van der Waals surface area contributed by atoms with Crippen LogP contribution < -0.4 is 5.32 Å². The number of hydrogen-bond acceptors (Lipinski definition) is 1. The SMILES string of the molecule is CCC(C)NC(=O)C(=Cc1ccccc1)c1ccccc1. The van der Waals surface area contributed by atoms with E-state index in [0.717, 1.165) is 17.5 Å². The molecular weight excluding hydrogens is 258 g/mol. The lowest BCUT2D eigenvalue weighted by Crippen LogP contribution is -2.32. The topological polar surface area (TPSA) is 29.1 Å².